The van der Waals surface area contributed by atoms with Crippen molar-refractivity contribution in [1.29, 1.82) is 0 Å². The number of alkyl halides is 3. The Labute approximate surface area is 225 Å². The Morgan fingerprint density at radius 1 is 1.13 bits per heavy atom. The molecule has 7 nitrogen and oxygen atoms in total. The Bertz CT molecular complexity index is 1490. The van der Waals surface area contributed by atoms with Crippen molar-refractivity contribution in [2.75, 3.05) is 23.4 Å². The molecule has 0 aliphatic carbocycles. The summed E-state index contributed by atoms with van der Waals surface area (Å²) in [6.45, 7) is 0.870. The highest BCUT2D eigenvalue weighted by Crippen LogP contribution is 2.34. The van der Waals surface area contributed by atoms with E-state index < -0.39 is 23.0 Å². The molecule has 0 spiro atoms. The quantitative estimate of drug-likeness (QED) is 0.289. The van der Waals surface area contributed by atoms with Crippen LogP contribution in [0, 0.1) is 0 Å². The van der Waals surface area contributed by atoms with Gasteiger partial charge in [-0.2, -0.15) is 18.3 Å². The summed E-state index contributed by atoms with van der Waals surface area (Å²) in [5.41, 5.74) is 3.22. The molecule has 5 rings (SSSR count). The number of carbonyl (C=O) groups is 1. The number of benzene rings is 3. The predicted molar refractivity (Wildman–Crippen MR) is 143 cm³/mol. The second-order valence-corrected chi connectivity index (χ2v) is 9.47. The molecule has 3 aromatic carbocycles. The zero-order chi connectivity index (χ0) is 27.4. The Morgan fingerprint density at radius 3 is 2.47 bits per heavy atom. The number of nitrogens with zero attached hydrogens (tertiary/aromatic N) is 2. The molecule has 1 aliphatic rings. The Morgan fingerprint density at radius 2 is 1.82 bits per heavy atom. The second kappa shape index (κ2) is 11.4. The van der Waals surface area contributed by atoms with Crippen molar-refractivity contribution in [1.82, 2.24) is 9.78 Å². The van der Waals surface area contributed by atoms with E-state index in [1.54, 1.807) is 48.5 Å². The normalized spacial score (nSPS) is 13.1. The summed E-state index contributed by atoms with van der Waals surface area (Å²) >= 11 is 4.36. The Balaban J connectivity index is 0.000000788. The molecule has 2 heterocycles. The van der Waals surface area contributed by atoms with E-state index in [2.05, 4.69) is 15.7 Å². The maximum atomic E-state index is 13.4. The van der Waals surface area contributed by atoms with Crippen LogP contribution in [-0.4, -0.2) is 37.2 Å². The number of nitrogens with one attached hydrogen (secondary N) is 2. The SMILES string of the molecule is CS(=O)[O-].O=C(Nc1ccc2c(c1)CCN2)c1ccc(-c2cc(C(F)(F)F)nn2-c2ccccc2Cl)cc1.[HH]. The fourth-order valence-electron chi connectivity index (χ4n) is 3.91. The molecular formula is C26H23ClF3N4O3S-. The van der Waals surface area contributed by atoms with Crippen LogP contribution in [0.15, 0.2) is 72.8 Å². The van der Waals surface area contributed by atoms with Gasteiger partial charge in [0.05, 0.1) is 16.4 Å². The predicted octanol–water partition coefficient (Wildman–Crippen LogP) is 6.17. The maximum Gasteiger partial charge on any atom is 0.435 e. The molecule has 1 atom stereocenters. The zero-order valence-corrected chi connectivity index (χ0v) is 21.5. The topological polar surface area (TPSA) is 99.1 Å². The largest absolute Gasteiger partial charge is 0.773 e. The smallest absolute Gasteiger partial charge is 0.435 e. The summed E-state index contributed by atoms with van der Waals surface area (Å²) in [4.78, 5) is 12.7. The molecule has 12 heteroatoms. The highest BCUT2D eigenvalue weighted by molar-refractivity contribution is 7.78. The first-order chi connectivity index (χ1) is 18.0. The molecule has 38 heavy (non-hydrogen) atoms. The number of rotatable bonds is 4. The van der Waals surface area contributed by atoms with E-state index in [1.807, 2.05) is 18.2 Å². The third-order valence-electron chi connectivity index (χ3n) is 5.60. The van der Waals surface area contributed by atoms with Gasteiger partial charge in [0.1, 0.15) is 0 Å². The van der Waals surface area contributed by atoms with Crippen LogP contribution in [0.3, 0.4) is 0 Å². The lowest BCUT2D eigenvalue weighted by Crippen LogP contribution is -2.12. The highest BCUT2D eigenvalue weighted by Gasteiger charge is 2.35. The van der Waals surface area contributed by atoms with Crippen LogP contribution in [0.4, 0.5) is 24.5 Å². The van der Waals surface area contributed by atoms with Crippen molar-refractivity contribution in [2.24, 2.45) is 0 Å². The first kappa shape index (κ1) is 27.4. The molecule has 0 saturated carbocycles. The number of hydrogen-bond acceptors (Lipinski definition) is 5. The average molecular weight is 564 g/mol. The molecule has 1 aromatic heterocycles. The minimum Gasteiger partial charge on any atom is -0.773 e. The molecule has 1 aliphatic heterocycles. The second-order valence-electron chi connectivity index (χ2n) is 8.26. The monoisotopic (exact) mass is 563 g/mol. The first-order valence-corrected chi connectivity index (χ1v) is 13.1. The number of aromatic nitrogens is 2. The highest BCUT2D eigenvalue weighted by atomic mass is 35.5. The van der Waals surface area contributed by atoms with Gasteiger partial charge in [-0.25, -0.2) is 4.68 Å². The minimum atomic E-state index is -4.62. The van der Waals surface area contributed by atoms with E-state index in [9.17, 15) is 18.0 Å². The fraction of sp³-hybridized carbons (Fsp3) is 0.154. The van der Waals surface area contributed by atoms with Gasteiger partial charge in [0.15, 0.2) is 5.69 Å². The van der Waals surface area contributed by atoms with E-state index in [0.29, 0.717) is 22.5 Å². The van der Waals surface area contributed by atoms with Crippen LogP contribution in [0.25, 0.3) is 16.9 Å². The van der Waals surface area contributed by atoms with Gasteiger partial charge in [-0.15, -0.1) is 0 Å². The summed E-state index contributed by atoms with van der Waals surface area (Å²) in [5, 5.41) is 10.2. The summed E-state index contributed by atoms with van der Waals surface area (Å²) in [6.07, 6.45) is -2.64. The molecule has 1 unspecified atom stereocenters. The van der Waals surface area contributed by atoms with Gasteiger partial charge in [0.2, 0.25) is 0 Å². The van der Waals surface area contributed by atoms with Crippen LogP contribution in [0.5, 0.6) is 0 Å². The van der Waals surface area contributed by atoms with Crippen LogP contribution in [0.2, 0.25) is 5.02 Å². The van der Waals surface area contributed by atoms with E-state index in [-0.39, 0.29) is 18.1 Å². The Hall–Kier alpha value is -3.67. The zero-order valence-electron chi connectivity index (χ0n) is 19.9. The minimum absolute atomic E-state index is 0. The molecule has 0 fully saturated rings. The average Bonchev–Trinajstić information content (AvgIpc) is 3.51. The van der Waals surface area contributed by atoms with Crippen molar-refractivity contribution in [2.45, 2.75) is 12.6 Å². The molecule has 1 amide bonds. The van der Waals surface area contributed by atoms with E-state index in [4.69, 9.17) is 20.4 Å². The van der Waals surface area contributed by atoms with E-state index >= 15 is 0 Å². The van der Waals surface area contributed by atoms with Crippen molar-refractivity contribution in [3.8, 4) is 16.9 Å². The summed E-state index contributed by atoms with van der Waals surface area (Å²) in [6, 6.07) is 19.5. The molecule has 2 N–H and O–H groups in total. The van der Waals surface area contributed by atoms with Gasteiger partial charge < -0.3 is 15.2 Å². The van der Waals surface area contributed by atoms with Crippen molar-refractivity contribution in [3.63, 3.8) is 0 Å². The summed E-state index contributed by atoms with van der Waals surface area (Å²) < 4.78 is 59.4. The number of amides is 1. The maximum absolute atomic E-state index is 13.4. The lowest BCUT2D eigenvalue weighted by atomic mass is 10.1. The van der Waals surface area contributed by atoms with Gasteiger partial charge in [-0.3, -0.25) is 9.00 Å². The summed E-state index contributed by atoms with van der Waals surface area (Å²) in [7, 11) is 0. The van der Waals surface area contributed by atoms with E-state index in [1.165, 1.54) is 4.68 Å². The van der Waals surface area contributed by atoms with Crippen molar-refractivity contribution in [3.05, 3.63) is 94.6 Å². The Kier molecular flexibility index (Phi) is 8.20. The number of carbonyl (C=O) groups excluding carboxylic acids is 1. The summed E-state index contributed by atoms with van der Waals surface area (Å²) in [5.74, 6) is -0.312. The van der Waals surface area contributed by atoms with Gasteiger partial charge in [0.25, 0.3) is 5.91 Å². The van der Waals surface area contributed by atoms with Crippen LogP contribution in [-0.2, 0) is 23.7 Å². The van der Waals surface area contributed by atoms with Crippen LogP contribution < -0.4 is 10.6 Å². The molecule has 0 saturated heterocycles. The molecule has 4 aromatic rings. The standard InChI is InChI=1S/C25H18ClF3N4O.CH4O2S.H2/c26-19-3-1-2-4-21(19)33-22(14-23(32-33)25(27,28)29)15-5-7-16(8-6-15)24(34)31-18-9-10-20-17(13-18)11-12-30-20;1-4(2)3;/h1-10,13-14,30H,11-12H2,(H,31,34);1H3,(H,2,3);1H/p-1. The van der Waals surface area contributed by atoms with E-state index in [0.717, 1.165) is 36.5 Å². The van der Waals surface area contributed by atoms with Crippen molar-refractivity contribution >= 4 is 40.0 Å². The van der Waals surface area contributed by atoms with Gasteiger partial charge >= 0.3 is 6.18 Å². The van der Waals surface area contributed by atoms with Crippen molar-refractivity contribution < 1.29 is 28.2 Å². The molecule has 0 radical (unpaired) electrons. The molecule has 0 bridgehead atoms. The third-order valence-corrected chi connectivity index (χ3v) is 5.92. The first-order valence-electron chi connectivity index (χ1n) is 11.2. The number of halogens is 4. The van der Waals surface area contributed by atoms with Crippen LogP contribution >= 0.6 is 11.6 Å². The number of hydrogen-bond donors (Lipinski definition) is 2. The molecule has 200 valence electrons. The fourth-order valence-corrected chi connectivity index (χ4v) is 4.13. The molecular weight excluding hydrogens is 541 g/mol. The van der Waals surface area contributed by atoms with Gasteiger partial charge in [-0.1, -0.05) is 46.9 Å². The number of fused-ring (bicyclic) bond motifs is 1. The lowest BCUT2D eigenvalue weighted by Gasteiger charge is -2.10. The van der Waals surface area contributed by atoms with Crippen LogP contribution in [0.1, 0.15) is 23.0 Å². The third kappa shape index (κ3) is 6.42. The number of para-hydroxylation sites is 1. The number of anilines is 2. The van der Waals surface area contributed by atoms with Gasteiger partial charge in [-0.05, 0) is 66.8 Å². The van der Waals surface area contributed by atoms with Gasteiger partial charge in [0, 0.05) is 30.5 Å². The lowest BCUT2D eigenvalue weighted by molar-refractivity contribution is -0.141.